The van der Waals surface area contributed by atoms with E-state index in [1.165, 1.54) is 12.1 Å². The number of aliphatic hydroxyl groups is 1. The van der Waals surface area contributed by atoms with Crippen molar-refractivity contribution in [1.82, 2.24) is 0 Å². The van der Waals surface area contributed by atoms with Crippen LogP contribution in [0.25, 0.3) is 0 Å². The fourth-order valence-corrected chi connectivity index (χ4v) is 2.03. The summed E-state index contributed by atoms with van der Waals surface area (Å²) in [7, 11) is 0. The molecule has 0 bridgehead atoms. The highest BCUT2D eigenvalue weighted by Crippen LogP contribution is 2.21. The van der Waals surface area contributed by atoms with Gasteiger partial charge >= 0.3 is 0 Å². The lowest BCUT2D eigenvalue weighted by Gasteiger charge is -2.10. The highest BCUT2D eigenvalue weighted by molar-refractivity contribution is 6.30. The lowest BCUT2D eigenvalue weighted by molar-refractivity contribution is 0.173. The molecule has 0 saturated carbocycles. The second kappa shape index (κ2) is 6.73. The van der Waals surface area contributed by atoms with Crippen LogP contribution in [0.5, 0.6) is 5.75 Å². The van der Waals surface area contributed by atoms with Gasteiger partial charge in [0.25, 0.3) is 0 Å². The van der Waals surface area contributed by atoms with Gasteiger partial charge in [-0.15, -0.1) is 0 Å². The fourth-order valence-electron chi connectivity index (χ4n) is 1.84. The minimum absolute atomic E-state index is 0.113. The predicted octanol–water partition coefficient (Wildman–Crippen LogP) is 4.50. The van der Waals surface area contributed by atoms with E-state index in [0.29, 0.717) is 22.8 Å². The maximum absolute atomic E-state index is 13.5. The first kappa shape index (κ1) is 14.8. The monoisotopic (exact) mass is 294 g/mol. The molecule has 0 aliphatic heterocycles. The highest BCUT2D eigenvalue weighted by Gasteiger charge is 2.06. The summed E-state index contributed by atoms with van der Waals surface area (Å²) in [6, 6.07) is 11.5. The standard InChI is InChI=1S/C16H16ClFO2/c1-2-16(19)11-3-6-14(7-4-11)20-10-12-9-13(17)5-8-15(12)18/h3-9,16,19H,2,10H2,1H3. The molecule has 1 unspecified atom stereocenters. The van der Waals surface area contributed by atoms with Gasteiger partial charge in [-0.1, -0.05) is 30.7 Å². The van der Waals surface area contributed by atoms with Crippen LogP contribution in [0.4, 0.5) is 4.39 Å². The van der Waals surface area contributed by atoms with Crippen molar-refractivity contribution in [2.75, 3.05) is 0 Å². The Morgan fingerprint density at radius 3 is 2.55 bits per heavy atom. The normalized spacial score (nSPS) is 12.2. The quantitative estimate of drug-likeness (QED) is 0.879. The molecule has 0 fully saturated rings. The number of aliphatic hydroxyl groups excluding tert-OH is 1. The molecule has 20 heavy (non-hydrogen) atoms. The van der Waals surface area contributed by atoms with E-state index in [9.17, 15) is 9.50 Å². The van der Waals surface area contributed by atoms with E-state index in [4.69, 9.17) is 16.3 Å². The number of halogens is 2. The van der Waals surface area contributed by atoms with Crippen LogP contribution in [0.3, 0.4) is 0 Å². The number of hydrogen-bond donors (Lipinski definition) is 1. The first-order valence-electron chi connectivity index (χ1n) is 6.45. The van der Waals surface area contributed by atoms with Gasteiger partial charge in [-0.2, -0.15) is 0 Å². The summed E-state index contributed by atoms with van der Waals surface area (Å²) >= 11 is 5.82. The van der Waals surface area contributed by atoms with Crippen molar-refractivity contribution in [2.24, 2.45) is 0 Å². The van der Waals surface area contributed by atoms with Gasteiger partial charge in [-0.25, -0.2) is 4.39 Å². The summed E-state index contributed by atoms with van der Waals surface area (Å²) in [5, 5.41) is 10.2. The Labute approximate surface area is 122 Å². The van der Waals surface area contributed by atoms with E-state index >= 15 is 0 Å². The van der Waals surface area contributed by atoms with Gasteiger partial charge in [-0.3, -0.25) is 0 Å². The summed E-state index contributed by atoms with van der Waals surface area (Å²) in [5.74, 6) is 0.281. The van der Waals surface area contributed by atoms with Gasteiger partial charge in [-0.05, 0) is 42.3 Å². The van der Waals surface area contributed by atoms with E-state index in [-0.39, 0.29) is 12.4 Å². The zero-order valence-electron chi connectivity index (χ0n) is 11.1. The Balaban J connectivity index is 2.02. The minimum atomic E-state index is -0.463. The van der Waals surface area contributed by atoms with Crippen LogP contribution in [-0.2, 0) is 6.61 Å². The molecule has 0 saturated heterocycles. The summed E-state index contributed by atoms with van der Waals surface area (Å²) in [5.41, 5.74) is 1.25. The topological polar surface area (TPSA) is 29.5 Å². The largest absolute Gasteiger partial charge is 0.489 e. The molecule has 0 amide bonds. The average molecular weight is 295 g/mol. The molecule has 2 aromatic rings. The molecule has 2 aromatic carbocycles. The van der Waals surface area contributed by atoms with Crippen LogP contribution in [0.15, 0.2) is 42.5 Å². The molecule has 2 nitrogen and oxygen atoms in total. The molecule has 0 aliphatic carbocycles. The summed E-state index contributed by atoms with van der Waals surface area (Å²) in [6.45, 7) is 2.03. The van der Waals surface area contributed by atoms with Crippen LogP contribution in [0, 0.1) is 5.82 Å². The van der Waals surface area contributed by atoms with Gasteiger partial charge in [0.15, 0.2) is 0 Å². The Bertz CT molecular complexity index is 569. The molecule has 1 atom stereocenters. The number of benzene rings is 2. The Morgan fingerprint density at radius 2 is 1.90 bits per heavy atom. The highest BCUT2D eigenvalue weighted by atomic mass is 35.5. The van der Waals surface area contributed by atoms with Crippen molar-refractivity contribution in [3.05, 3.63) is 64.4 Å². The van der Waals surface area contributed by atoms with E-state index in [1.807, 2.05) is 6.92 Å². The third kappa shape index (κ3) is 3.71. The maximum atomic E-state index is 13.5. The van der Waals surface area contributed by atoms with Gasteiger partial charge in [0, 0.05) is 10.6 Å². The second-order valence-corrected chi connectivity index (χ2v) is 4.95. The molecular formula is C16H16ClFO2. The van der Waals surface area contributed by atoms with Crippen molar-refractivity contribution in [3.8, 4) is 5.75 Å². The Hall–Kier alpha value is -1.58. The molecule has 2 rings (SSSR count). The maximum Gasteiger partial charge on any atom is 0.129 e. The van der Waals surface area contributed by atoms with Crippen molar-refractivity contribution in [3.63, 3.8) is 0 Å². The first-order chi connectivity index (χ1) is 9.60. The van der Waals surface area contributed by atoms with Crippen LogP contribution < -0.4 is 4.74 Å². The summed E-state index contributed by atoms with van der Waals surface area (Å²) in [4.78, 5) is 0. The lowest BCUT2D eigenvalue weighted by Crippen LogP contribution is -1.99. The molecule has 0 radical (unpaired) electrons. The van der Waals surface area contributed by atoms with Crippen molar-refractivity contribution >= 4 is 11.6 Å². The minimum Gasteiger partial charge on any atom is -0.489 e. The van der Waals surface area contributed by atoms with E-state index in [1.54, 1.807) is 30.3 Å². The van der Waals surface area contributed by atoms with Crippen molar-refractivity contribution in [1.29, 1.82) is 0 Å². The summed E-state index contributed by atoms with van der Waals surface area (Å²) < 4.78 is 19.0. The van der Waals surface area contributed by atoms with Crippen LogP contribution in [-0.4, -0.2) is 5.11 Å². The van der Waals surface area contributed by atoms with Gasteiger partial charge in [0.1, 0.15) is 18.2 Å². The molecule has 0 aliphatic rings. The average Bonchev–Trinajstić information content (AvgIpc) is 2.48. The van der Waals surface area contributed by atoms with Crippen LogP contribution in [0.2, 0.25) is 5.02 Å². The zero-order valence-corrected chi connectivity index (χ0v) is 11.9. The Morgan fingerprint density at radius 1 is 1.20 bits per heavy atom. The number of hydrogen-bond acceptors (Lipinski definition) is 2. The smallest absolute Gasteiger partial charge is 0.129 e. The van der Waals surface area contributed by atoms with Gasteiger partial charge < -0.3 is 9.84 Å². The molecular weight excluding hydrogens is 279 g/mol. The van der Waals surface area contributed by atoms with E-state index < -0.39 is 6.10 Å². The first-order valence-corrected chi connectivity index (χ1v) is 6.82. The van der Waals surface area contributed by atoms with E-state index in [0.717, 1.165) is 5.56 Å². The van der Waals surface area contributed by atoms with Crippen molar-refractivity contribution < 1.29 is 14.2 Å². The molecule has 0 heterocycles. The summed E-state index contributed by atoms with van der Waals surface area (Å²) in [6.07, 6.45) is 0.197. The number of rotatable bonds is 5. The molecule has 0 spiro atoms. The fraction of sp³-hybridized carbons (Fsp3) is 0.250. The zero-order chi connectivity index (χ0) is 14.5. The number of ether oxygens (including phenoxy) is 1. The van der Waals surface area contributed by atoms with Gasteiger partial charge in [0.05, 0.1) is 6.10 Å². The van der Waals surface area contributed by atoms with Crippen LogP contribution in [0.1, 0.15) is 30.6 Å². The van der Waals surface area contributed by atoms with Gasteiger partial charge in [0.2, 0.25) is 0 Å². The Kier molecular flexibility index (Phi) is 4.99. The predicted molar refractivity (Wildman–Crippen MR) is 77.4 cm³/mol. The second-order valence-electron chi connectivity index (χ2n) is 4.52. The molecule has 106 valence electrons. The third-order valence-electron chi connectivity index (χ3n) is 3.05. The molecule has 1 N–H and O–H groups in total. The van der Waals surface area contributed by atoms with E-state index in [2.05, 4.69) is 0 Å². The third-order valence-corrected chi connectivity index (χ3v) is 3.29. The molecule has 4 heteroatoms. The van der Waals surface area contributed by atoms with Crippen LogP contribution >= 0.6 is 11.6 Å². The SMILES string of the molecule is CCC(O)c1ccc(OCc2cc(Cl)ccc2F)cc1. The lowest BCUT2D eigenvalue weighted by atomic mass is 10.1. The molecule has 0 aromatic heterocycles. The van der Waals surface area contributed by atoms with Crippen molar-refractivity contribution in [2.45, 2.75) is 26.1 Å².